The van der Waals surface area contributed by atoms with Crippen molar-refractivity contribution in [2.45, 2.75) is 19.8 Å². The van der Waals surface area contributed by atoms with Crippen molar-refractivity contribution < 1.29 is 0 Å². The van der Waals surface area contributed by atoms with Gasteiger partial charge in [-0.25, -0.2) is 0 Å². The van der Waals surface area contributed by atoms with E-state index in [1.165, 1.54) is 16.5 Å². The lowest BCUT2D eigenvalue weighted by Gasteiger charge is -2.07. The maximum absolute atomic E-state index is 2.75. The molecule has 2 heteroatoms. The molecule has 0 aliphatic carbocycles. The SMILES string of the molecule is CC(C)c1cccc2c1ccn2C.CNC. The first kappa shape index (κ1) is 12.8. The molecule has 88 valence electrons. The van der Waals surface area contributed by atoms with Gasteiger partial charge in [0.2, 0.25) is 0 Å². The predicted octanol–water partition coefficient (Wildman–Crippen LogP) is 3.14. The second kappa shape index (κ2) is 5.71. The molecule has 1 aromatic heterocycles. The smallest absolute Gasteiger partial charge is 0.0480 e. The molecule has 0 aliphatic heterocycles. The van der Waals surface area contributed by atoms with Gasteiger partial charge in [-0.3, -0.25) is 0 Å². The van der Waals surface area contributed by atoms with E-state index in [4.69, 9.17) is 0 Å². The van der Waals surface area contributed by atoms with E-state index in [0.29, 0.717) is 5.92 Å². The number of hydrogen-bond acceptors (Lipinski definition) is 1. The minimum absolute atomic E-state index is 0.603. The first-order valence-corrected chi connectivity index (χ1v) is 5.74. The van der Waals surface area contributed by atoms with Crippen molar-refractivity contribution in [3.8, 4) is 0 Å². The minimum atomic E-state index is 0.603. The van der Waals surface area contributed by atoms with Gasteiger partial charge in [0.15, 0.2) is 0 Å². The van der Waals surface area contributed by atoms with Crippen molar-refractivity contribution >= 4 is 10.9 Å². The van der Waals surface area contributed by atoms with Gasteiger partial charge >= 0.3 is 0 Å². The Hall–Kier alpha value is -1.28. The topological polar surface area (TPSA) is 17.0 Å². The molecule has 0 bridgehead atoms. The van der Waals surface area contributed by atoms with Crippen molar-refractivity contribution in [3.63, 3.8) is 0 Å². The van der Waals surface area contributed by atoms with Crippen molar-refractivity contribution in [3.05, 3.63) is 36.0 Å². The summed E-state index contributed by atoms with van der Waals surface area (Å²) in [4.78, 5) is 0. The summed E-state index contributed by atoms with van der Waals surface area (Å²) in [5, 5.41) is 4.14. The standard InChI is InChI=1S/C12H15N.C2H7N/c1-9(2)10-5-4-6-12-11(10)7-8-13(12)3;1-3-2/h4-9H,1-3H3;3H,1-2H3. The second-order valence-corrected chi connectivity index (χ2v) is 4.36. The third-order valence-electron chi connectivity index (χ3n) is 2.58. The van der Waals surface area contributed by atoms with Gasteiger partial charge in [0, 0.05) is 24.1 Å². The average molecular weight is 218 g/mol. The number of hydrogen-bond donors (Lipinski definition) is 1. The van der Waals surface area contributed by atoms with Gasteiger partial charge in [0.1, 0.15) is 0 Å². The van der Waals surface area contributed by atoms with Gasteiger partial charge in [0.05, 0.1) is 0 Å². The molecule has 0 spiro atoms. The zero-order valence-corrected chi connectivity index (χ0v) is 10.9. The summed E-state index contributed by atoms with van der Waals surface area (Å²) in [7, 11) is 5.84. The zero-order valence-electron chi connectivity index (χ0n) is 10.9. The van der Waals surface area contributed by atoms with Crippen LogP contribution >= 0.6 is 0 Å². The molecule has 0 atom stereocenters. The molecule has 1 heterocycles. The quantitative estimate of drug-likeness (QED) is 0.778. The monoisotopic (exact) mass is 218 g/mol. The summed E-state index contributed by atoms with van der Waals surface area (Å²) in [6.07, 6.45) is 2.12. The average Bonchev–Trinajstić information content (AvgIpc) is 2.61. The summed E-state index contributed by atoms with van der Waals surface area (Å²) in [5.41, 5.74) is 2.77. The number of nitrogens with one attached hydrogen (secondary N) is 1. The van der Waals surface area contributed by atoms with Gasteiger partial charge in [-0.15, -0.1) is 0 Å². The van der Waals surface area contributed by atoms with Crippen LogP contribution < -0.4 is 5.32 Å². The Balaban J connectivity index is 0.000000386. The third-order valence-corrected chi connectivity index (χ3v) is 2.58. The molecule has 1 N–H and O–H groups in total. The van der Waals surface area contributed by atoms with Gasteiger partial charge in [-0.05, 0) is 37.7 Å². The molecule has 0 saturated heterocycles. The normalized spacial score (nSPS) is 10.4. The highest BCUT2D eigenvalue weighted by Gasteiger charge is 2.05. The molecular weight excluding hydrogens is 196 g/mol. The van der Waals surface area contributed by atoms with Crippen LogP contribution in [0.5, 0.6) is 0 Å². The highest BCUT2D eigenvalue weighted by molar-refractivity contribution is 5.84. The van der Waals surface area contributed by atoms with Gasteiger partial charge < -0.3 is 9.88 Å². The Morgan fingerprint density at radius 2 is 1.75 bits per heavy atom. The van der Waals surface area contributed by atoms with Crippen LogP contribution in [-0.4, -0.2) is 18.7 Å². The van der Waals surface area contributed by atoms with E-state index >= 15 is 0 Å². The molecule has 2 rings (SSSR count). The molecule has 0 radical (unpaired) electrons. The van der Waals surface area contributed by atoms with Crippen molar-refractivity contribution in [2.24, 2.45) is 7.05 Å². The first-order chi connectivity index (χ1) is 7.61. The van der Waals surface area contributed by atoms with E-state index in [0.717, 1.165) is 0 Å². The van der Waals surface area contributed by atoms with Crippen molar-refractivity contribution in [2.75, 3.05) is 14.1 Å². The third kappa shape index (κ3) is 2.64. The molecule has 0 amide bonds. The van der Waals surface area contributed by atoms with E-state index in [1.807, 2.05) is 14.1 Å². The first-order valence-electron chi connectivity index (χ1n) is 5.74. The lowest BCUT2D eigenvalue weighted by Crippen LogP contribution is -1.89. The lowest BCUT2D eigenvalue weighted by atomic mass is 9.99. The van der Waals surface area contributed by atoms with Crippen LogP contribution in [0.25, 0.3) is 10.9 Å². The highest BCUT2D eigenvalue weighted by atomic mass is 14.9. The van der Waals surface area contributed by atoms with Crippen molar-refractivity contribution in [1.29, 1.82) is 0 Å². The van der Waals surface area contributed by atoms with Gasteiger partial charge in [-0.2, -0.15) is 0 Å². The summed E-state index contributed by atoms with van der Waals surface area (Å²) in [5.74, 6) is 0.603. The number of rotatable bonds is 1. The highest BCUT2D eigenvalue weighted by Crippen LogP contribution is 2.25. The Morgan fingerprint density at radius 1 is 1.12 bits per heavy atom. The molecule has 0 fully saturated rings. The molecule has 0 unspecified atom stereocenters. The van der Waals surface area contributed by atoms with Crippen LogP contribution in [0.2, 0.25) is 0 Å². The van der Waals surface area contributed by atoms with E-state index in [2.05, 4.69) is 61.2 Å². The molecule has 0 aliphatic rings. The van der Waals surface area contributed by atoms with Crippen LogP contribution in [0.1, 0.15) is 25.3 Å². The van der Waals surface area contributed by atoms with Crippen LogP contribution in [0, 0.1) is 0 Å². The van der Waals surface area contributed by atoms with Crippen LogP contribution in [0.15, 0.2) is 30.5 Å². The number of nitrogens with zero attached hydrogens (tertiary/aromatic N) is 1. The summed E-state index contributed by atoms with van der Waals surface area (Å²) < 4.78 is 2.17. The zero-order chi connectivity index (χ0) is 12.1. The maximum Gasteiger partial charge on any atom is 0.0480 e. The lowest BCUT2D eigenvalue weighted by molar-refractivity contribution is 0.876. The molecule has 16 heavy (non-hydrogen) atoms. The van der Waals surface area contributed by atoms with Crippen LogP contribution in [0.3, 0.4) is 0 Å². The predicted molar refractivity (Wildman–Crippen MR) is 72.0 cm³/mol. The Bertz CT molecular complexity index is 441. The maximum atomic E-state index is 2.75. The van der Waals surface area contributed by atoms with Crippen molar-refractivity contribution in [1.82, 2.24) is 9.88 Å². The molecular formula is C14H22N2. The van der Waals surface area contributed by atoms with Gasteiger partial charge in [0.25, 0.3) is 0 Å². The molecule has 0 saturated carbocycles. The fourth-order valence-corrected chi connectivity index (χ4v) is 1.83. The fraction of sp³-hybridized carbons (Fsp3) is 0.429. The molecule has 1 aromatic carbocycles. The van der Waals surface area contributed by atoms with E-state index in [-0.39, 0.29) is 0 Å². The van der Waals surface area contributed by atoms with Gasteiger partial charge in [-0.1, -0.05) is 26.0 Å². The Morgan fingerprint density at radius 3 is 2.31 bits per heavy atom. The summed E-state index contributed by atoms with van der Waals surface area (Å²) in [6, 6.07) is 8.72. The van der Waals surface area contributed by atoms with E-state index < -0.39 is 0 Å². The Kier molecular flexibility index (Phi) is 4.56. The fourth-order valence-electron chi connectivity index (χ4n) is 1.83. The molecule has 2 aromatic rings. The number of fused-ring (bicyclic) bond motifs is 1. The molecule has 2 nitrogen and oxygen atoms in total. The van der Waals surface area contributed by atoms with E-state index in [1.54, 1.807) is 0 Å². The number of benzene rings is 1. The second-order valence-electron chi connectivity index (χ2n) is 4.36. The minimum Gasteiger partial charge on any atom is -0.351 e. The summed E-state index contributed by atoms with van der Waals surface area (Å²) >= 11 is 0. The largest absolute Gasteiger partial charge is 0.351 e. The summed E-state index contributed by atoms with van der Waals surface area (Å²) in [6.45, 7) is 4.48. The van der Waals surface area contributed by atoms with E-state index in [9.17, 15) is 0 Å². The van der Waals surface area contributed by atoms with Crippen LogP contribution in [-0.2, 0) is 7.05 Å². The van der Waals surface area contributed by atoms with Crippen LogP contribution in [0.4, 0.5) is 0 Å². The number of aryl methyl sites for hydroxylation is 1. The Labute approximate surface area is 98.3 Å². The number of aromatic nitrogens is 1.